The van der Waals surface area contributed by atoms with Gasteiger partial charge in [0.1, 0.15) is 0 Å². The third-order valence-electron chi connectivity index (χ3n) is 4.30. The Morgan fingerprint density at radius 3 is 2.09 bits per heavy atom. The molecule has 0 saturated carbocycles. The van der Waals surface area contributed by atoms with E-state index in [1.807, 2.05) is 6.20 Å². The molecule has 0 aliphatic heterocycles. The van der Waals surface area contributed by atoms with Crippen molar-refractivity contribution in [2.45, 2.75) is 0 Å². The summed E-state index contributed by atoms with van der Waals surface area (Å²) in [6.45, 7) is 0. The monoisotopic (exact) mass is 298 g/mol. The summed E-state index contributed by atoms with van der Waals surface area (Å²) in [6.07, 6.45) is 1.90. The second-order valence-electron chi connectivity index (χ2n) is 5.96. The number of anilines is 1. The van der Waals surface area contributed by atoms with Gasteiger partial charge < -0.3 is 4.90 Å². The standard InChI is InChI=1S/C21H18N2/c1-23(2)19-12-11-15-7-3-5-9-17(15)20(19)21-18-10-6-4-8-16(18)13-14-22-21/h3-14H,1-2H3. The summed E-state index contributed by atoms with van der Waals surface area (Å²) in [7, 11) is 4.16. The van der Waals surface area contributed by atoms with Crippen molar-refractivity contribution in [3.05, 3.63) is 72.9 Å². The molecule has 1 aromatic heterocycles. The molecular weight excluding hydrogens is 280 g/mol. The summed E-state index contributed by atoms with van der Waals surface area (Å²) in [5, 5.41) is 4.88. The second kappa shape index (κ2) is 5.40. The van der Waals surface area contributed by atoms with Gasteiger partial charge in [0.15, 0.2) is 0 Å². The molecule has 0 saturated heterocycles. The van der Waals surface area contributed by atoms with Gasteiger partial charge in [-0.3, -0.25) is 4.98 Å². The van der Waals surface area contributed by atoms with Gasteiger partial charge in [0.25, 0.3) is 0 Å². The normalized spacial score (nSPS) is 11.0. The van der Waals surface area contributed by atoms with Crippen LogP contribution in [0.2, 0.25) is 0 Å². The van der Waals surface area contributed by atoms with Gasteiger partial charge in [-0.2, -0.15) is 0 Å². The third kappa shape index (κ3) is 2.23. The number of benzene rings is 3. The molecule has 112 valence electrons. The highest BCUT2D eigenvalue weighted by Gasteiger charge is 2.15. The average molecular weight is 298 g/mol. The van der Waals surface area contributed by atoms with Crippen molar-refractivity contribution in [3.8, 4) is 11.3 Å². The topological polar surface area (TPSA) is 16.1 Å². The van der Waals surface area contributed by atoms with Gasteiger partial charge in [0.2, 0.25) is 0 Å². The Labute approximate surface area is 136 Å². The molecule has 0 spiro atoms. The maximum atomic E-state index is 4.74. The summed E-state index contributed by atoms with van der Waals surface area (Å²) in [6, 6.07) is 23.4. The lowest BCUT2D eigenvalue weighted by Crippen LogP contribution is -2.10. The summed E-state index contributed by atoms with van der Waals surface area (Å²) in [4.78, 5) is 6.90. The van der Waals surface area contributed by atoms with Crippen molar-refractivity contribution < 1.29 is 0 Å². The summed E-state index contributed by atoms with van der Waals surface area (Å²) < 4.78 is 0. The molecule has 0 fully saturated rings. The Morgan fingerprint density at radius 2 is 1.35 bits per heavy atom. The van der Waals surface area contributed by atoms with E-state index in [2.05, 4.69) is 85.7 Å². The zero-order valence-electron chi connectivity index (χ0n) is 13.3. The first kappa shape index (κ1) is 13.8. The van der Waals surface area contributed by atoms with Crippen molar-refractivity contribution in [2.24, 2.45) is 0 Å². The molecule has 0 aliphatic carbocycles. The Bertz CT molecular complexity index is 997. The zero-order chi connectivity index (χ0) is 15.8. The Hall–Kier alpha value is -2.87. The first-order valence-corrected chi connectivity index (χ1v) is 7.79. The van der Waals surface area contributed by atoms with Crippen molar-refractivity contribution in [3.63, 3.8) is 0 Å². The number of hydrogen-bond donors (Lipinski definition) is 0. The van der Waals surface area contributed by atoms with Crippen molar-refractivity contribution in [1.82, 2.24) is 4.98 Å². The fraction of sp³-hybridized carbons (Fsp3) is 0.0952. The highest BCUT2D eigenvalue weighted by molar-refractivity contribution is 6.08. The Morgan fingerprint density at radius 1 is 0.696 bits per heavy atom. The third-order valence-corrected chi connectivity index (χ3v) is 4.30. The molecule has 2 heteroatoms. The van der Waals surface area contributed by atoms with Crippen LogP contribution in [-0.4, -0.2) is 19.1 Å². The van der Waals surface area contributed by atoms with Crippen LogP contribution in [0, 0.1) is 0 Å². The van der Waals surface area contributed by atoms with Crippen LogP contribution in [0.25, 0.3) is 32.8 Å². The van der Waals surface area contributed by atoms with Crippen molar-refractivity contribution in [1.29, 1.82) is 0 Å². The van der Waals surface area contributed by atoms with E-state index in [4.69, 9.17) is 4.98 Å². The highest BCUT2D eigenvalue weighted by Crippen LogP contribution is 2.38. The Balaban J connectivity index is 2.17. The molecule has 3 aromatic carbocycles. The molecule has 4 aromatic rings. The van der Waals surface area contributed by atoms with Crippen LogP contribution >= 0.6 is 0 Å². The summed E-state index contributed by atoms with van der Waals surface area (Å²) in [5.74, 6) is 0. The van der Waals surface area contributed by atoms with Gasteiger partial charge in [-0.15, -0.1) is 0 Å². The van der Waals surface area contributed by atoms with E-state index in [0.29, 0.717) is 0 Å². The highest BCUT2D eigenvalue weighted by atomic mass is 15.1. The number of hydrogen-bond acceptors (Lipinski definition) is 2. The minimum atomic E-state index is 1.05. The quantitative estimate of drug-likeness (QED) is 0.510. The summed E-state index contributed by atoms with van der Waals surface area (Å²) in [5.41, 5.74) is 3.43. The molecule has 0 atom stereocenters. The largest absolute Gasteiger partial charge is 0.377 e. The van der Waals surface area contributed by atoms with Crippen LogP contribution in [0.1, 0.15) is 0 Å². The van der Waals surface area contributed by atoms with Crippen LogP contribution in [-0.2, 0) is 0 Å². The van der Waals surface area contributed by atoms with Gasteiger partial charge in [-0.05, 0) is 28.3 Å². The van der Waals surface area contributed by atoms with Crippen molar-refractivity contribution in [2.75, 3.05) is 19.0 Å². The molecule has 0 aliphatic rings. The molecule has 1 heterocycles. The van der Waals surface area contributed by atoms with Gasteiger partial charge in [0, 0.05) is 36.9 Å². The van der Waals surface area contributed by atoms with E-state index >= 15 is 0 Å². The van der Waals surface area contributed by atoms with Gasteiger partial charge in [-0.1, -0.05) is 54.6 Å². The molecule has 23 heavy (non-hydrogen) atoms. The fourth-order valence-corrected chi connectivity index (χ4v) is 3.20. The molecule has 4 rings (SSSR count). The maximum absolute atomic E-state index is 4.74. The fourth-order valence-electron chi connectivity index (χ4n) is 3.20. The molecule has 0 unspecified atom stereocenters. The SMILES string of the molecule is CN(C)c1ccc2ccccc2c1-c1nccc2ccccc12. The van der Waals surface area contributed by atoms with E-state index in [0.717, 1.165) is 5.69 Å². The number of pyridine rings is 1. The van der Waals surface area contributed by atoms with Crippen LogP contribution in [0.5, 0.6) is 0 Å². The average Bonchev–Trinajstić information content (AvgIpc) is 2.60. The molecular formula is C21H18N2. The lowest BCUT2D eigenvalue weighted by molar-refractivity contribution is 1.13. The molecule has 0 radical (unpaired) electrons. The zero-order valence-corrected chi connectivity index (χ0v) is 13.3. The summed E-state index contributed by atoms with van der Waals surface area (Å²) >= 11 is 0. The number of rotatable bonds is 2. The van der Waals surface area contributed by atoms with Gasteiger partial charge >= 0.3 is 0 Å². The van der Waals surface area contributed by atoms with Crippen LogP contribution in [0.15, 0.2) is 72.9 Å². The number of aromatic nitrogens is 1. The minimum absolute atomic E-state index is 1.05. The molecule has 2 nitrogen and oxygen atoms in total. The smallest absolute Gasteiger partial charge is 0.0807 e. The molecule has 0 bridgehead atoms. The number of nitrogens with zero attached hydrogens (tertiary/aromatic N) is 2. The van der Waals surface area contributed by atoms with E-state index < -0.39 is 0 Å². The van der Waals surface area contributed by atoms with Crippen LogP contribution < -0.4 is 4.90 Å². The first-order valence-electron chi connectivity index (χ1n) is 7.79. The number of fused-ring (bicyclic) bond motifs is 2. The predicted octanol–water partition coefficient (Wildman–Crippen LogP) is 5.12. The first-order chi connectivity index (χ1) is 11.3. The second-order valence-corrected chi connectivity index (χ2v) is 5.96. The Kier molecular flexibility index (Phi) is 3.23. The molecule has 0 amide bonds. The van der Waals surface area contributed by atoms with E-state index in [9.17, 15) is 0 Å². The van der Waals surface area contributed by atoms with E-state index in [1.54, 1.807) is 0 Å². The lowest BCUT2D eigenvalue weighted by atomic mass is 9.96. The maximum Gasteiger partial charge on any atom is 0.0807 e. The van der Waals surface area contributed by atoms with Crippen molar-refractivity contribution >= 4 is 27.2 Å². The molecule has 0 N–H and O–H groups in total. The van der Waals surface area contributed by atoms with Crippen LogP contribution in [0.4, 0.5) is 5.69 Å². The lowest BCUT2D eigenvalue weighted by Gasteiger charge is -2.20. The predicted molar refractivity (Wildman–Crippen MR) is 99.0 cm³/mol. The van der Waals surface area contributed by atoms with E-state index in [1.165, 1.54) is 32.8 Å². The van der Waals surface area contributed by atoms with Crippen LogP contribution in [0.3, 0.4) is 0 Å². The minimum Gasteiger partial charge on any atom is -0.377 e. The van der Waals surface area contributed by atoms with Gasteiger partial charge in [-0.25, -0.2) is 0 Å². The van der Waals surface area contributed by atoms with E-state index in [-0.39, 0.29) is 0 Å². The van der Waals surface area contributed by atoms with Gasteiger partial charge in [0.05, 0.1) is 5.69 Å².